The summed E-state index contributed by atoms with van der Waals surface area (Å²) in [6.45, 7) is 3.45. The number of fused-ring (bicyclic) bond motifs is 3. The summed E-state index contributed by atoms with van der Waals surface area (Å²) in [5.41, 5.74) is 1.20. The second-order valence-corrected chi connectivity index (χ2v) is 7.08. The fraction of sp³-hybridized carbons (Fsp3) is 0.222. The van der Waals surface area contributed by atoms with Gasteiger partial charge in [-0.2, -0.15) is 0 Å². The Kier molecular flexibility index (Phi) is 3.56. The van der Waals surface area contributed by atoms with Crippen LogP contribution in [0.4, 0.5) is 11.1 Å². The van der Waals surface area contributed by atoms with Crippen LogP contribution in [0.5, 0.6) is 0 Å². The largest absolute Gasteiger partial charge is 0.423 e. The molecule has 130 valence electrons. The van der Waals surface area contributed by atoms with Crippen molar-refractivity contribution in [2.75, 3.05) is 36.0 Å². The van der Waals surface area contributed by atoms with Crippen molar-refractivity contribution in [2.45, 2.75) is 0 Å². The lowest BCUT2D eigenvalue weighted by Crippen LogP contribution is -2.47. The monoisotopic (exact) mass is 365 g/mol. The van der Waals surface area contributed by atoms with E-state index in [9.17, 15) is 4.79 Å². The maximum absolute atomic E-state index is 11.4. The quantitative estimate of drug-likeness (QED) is 0.505. The Morgan fingerprint density at radius 1 is 0.962 bits per heavy atom. The molecule has 26 heavy (non-hydrogen) atoms. The maximum atomic E-state index is 11.4. The number of nitrogens with zero attached hydrogens (tertiary/aromatic N) is 5. The highest BCUT2D eigenvalue weighted by atomic mass is 32.1. The third-order valence-electron chi connectivity index (χ3n) is 4.53. The van der Waals surface area contributed by atoms with Crippen LogP contribution in [-0.4, -0.2) is 41.1 Å². The predicted octanol–water partition coefficient (Wildman–Crippen LogP) is 2.52. The van der Waals surface area contributed by atoms with Crippen molar-refractivity contribution < 1.29 is 4.42 Å². The average molecular weight is 365 g/mol. The molecule has 1 aliphatic heterocycles. The molecule has 1 aliphatic rings. The molecule has 0 amide bonds. The van der Waals surface area contributed by atoms with Gasteiger partial charge in [-0.3, -0.25) is 0 Å². The van der Waals surface area contributed by atoms with E-state index in [1.807, 2.05) is 24.3 Å². The Morgan fingerprint density at radius 2 is 1.73 bits per heavy atom. The van der Waals surface area contributed by atoms with Crippen LogP contribution in [0.25, 0.3) is 21.2 Å². The van der Waals surface area contributed by atoms with Gasteiger partial charge in [-0.25, -0.2) is 19.7 Å². The normalized spacial score (nSPS) is 15.1. The summed E-state index contributed by atoms with van der Waals surface area (Å²) in [5.74, 6) is 0.775. The Morgan fingerprint density at radius 3 is 2.54 bits per heavy atom. The molecule has 5 rings (SSSR count). The lowest BCUT2D eigenvalue weighted by molar-refractivity contribution is 0.561. The zero-order valence-electron chi connectivity index (χ0n) is 13.8. The molecule has 0 radical (unpaired) electrons. The van der Waals surface area contributed by atoms with Crippen LogP contribution in [0.3, 0.4) is 0 Å². The van der Waals surface area contributed by atoms with E-state index in [2.05, 4.69) is 19.8 Å². The number of thiazole rings is 1. The van der Waals surface area contributed by atoms with Gasteiger partial charge in [0.2, 0.25) is 5.95 Å². The zero-order valence-corrected chi connectivity index (χ0v) is 14.6. The molecule has 1 saturated heterocycles. The Bertz CT molecular complexity index is 1130. The standard InChI is InChI=1S/C18H15N5O2S/c24-15-5-2-12-14(25-15)4-3-13-16(12)26-18(21-13)23-10-8-22(9-11-23)17-19-6-1-7-20-17/h1-7H,8-11H2. The van der Waals surface area contributed by atoms with Gasteiger partial charge in [-0.05, 0) is 24.3 Å². The maximum Gasteiger partial charge on any atom is 0.336 e. The predicted molar refractivity (Wildman–Crippen MR) is 102 cm³/mol. The Balaban J connectivity index is 1.43. The van der Waals surface area contributed by atoms with E-state index in [1.54, 1.807) is 23.7 Å². The van der Waals surface area contributed by atoms with Crippen molar-refractivity contribution in [1.82, 2.24) is 15.0 Å². The van der Waals surface area contributed by atoms with Crippen LogP contribution in [0.15, 0.2) is 51.9 Å². The van der Waals surface area contributed by atoms with E-state index in [4.69, 9.17) is 9.40 Å². The Hall–Kier alpha value is -3.00. The van der Waals surface area contributed by atoms with E-state index in [1.165, 1.54) is 6.07 Å². The molecular weight excluding hydrogens is 350 g/mol. The molecular formula is C18H15N5O2S. The van der Waals surface area contributed by atoms with Crippen LogP contribution in [-0.2, 0) is 0 Å². The van der Waals surface area contributed by atoms with Crippen LogP contribution >= 0.6 is 11.3 Å². The van der Waals surface area contributed by atoms with Crippen molar-refractivity contribution >= 4 is 43.6 Å². The molecule has 0 spiro atoms. The third kappa shape index (κ3) is 2.59. The van der Waals surface area contributed by atoms with E-state index < -0.39 is 0 Å². The molecule has 0 saturated carbocycles. The van der Waals surface area contributed by atoms with Crippen molar-refractivity contribution in [2.24, 2.45) is 0 Å². The number of piperazine rings is 1. The molecule has 4 heterocycles. The minimum atomic E-state index is -0.333. The molecule has 1 aromatic carbocycles. The number of hydrogen-bond donors (Lipinski definition) is 0. The summed E-state index contributed by atoms with van der Waals surface area (Å²) in [6, 6.07) is 8.82. The number of aromatic nitrogens is 3. The molecule has 0 unspecified atom stereocenters. The van der Waals surface area contributed by atoms with Crippen LogP contribution in [0.1, 0.15) is 0 Å². The molecule has 8 heteroatoms. The lowest BCUT2D eigenvalue weighted by Gasteiger charge is -2.34. The van der Waals surface area contributed by atoms with E-state index in [-0.39, 0.29) is 5.63 Å². The van der Waals surface area contributed by atoms with Gasteiger partial charge in [0, 0.05) is 50.0 Å². The first-order valence-electron chi connectivity index (χ1n) is 8.38. The summed E-state index contributed by atoms with van der Waals surface area (Å²) in [5, 5.41) is 1.93. The van der Waals surface area contributed by atoms with Crippen LogP contribution < -0.4 is 15.4 Å². The summed E-state index contributed by atoms with van der Waals surface area (Å²) >= 11 is 1.64. The summed E-state index contributed by atoms with van der Waals surface area (Å²) in [4.78, 5) is 29.3. The molecule has 7 nitrogen and oxygen atoms in total. The second kappa shape index (κ2) is 6.06. The second-order valence-electron chi connectivity index (χ2n) is 6.10. The molecule has 0 N–H and O–H groups in total. The number of benzene rings is 1. The smallest absolute Gasteiger partial charge is 0.336 e. The summed E-state index contributed by atoms with van der Waals surface area (Å²) in [6.07, 6.45) is 3.54. The van der Waals surface area contributed by atoms with Crippen molar-refractivity contribution in [3.63, 3.8) is 0 Å². The highest BCUT2D eigenvalue weighted by molar-refractivity contribution is 7.23. The van der Waals surface area contributed by atoms with Gasteiger partial charge in [0.05, 0.1) is 10.2 Å². The highest BCUT2D eigenvalue weighted by Gasteiger charge is 2.21. The van der Waals surface area contributed by atoms with Crippen molar-refractivity contribution in [3.05, 3.63) is 53.1 Å². The third-order valence-corrected chi connectivity index (χ3v) is 5.69. The zero-order chi connectivity index (χ0) is 17.5. The molecule has 1 fully saturated rings. The van der Waals surface area contributed by atoms with Crippen molar-refractivity contribution in [1.29, 1.82) is 0 Å². The van der Waals surface area contributed by atoms with E-state index in [0.717, 1.165) is 52.9 Å². The molecule has 3 aromatic heterocycles. The van der Waals surface area contributed by atoms with Crippen LogP contribution in [0.2, 0.25) is 0 Å². The van der Waals surface area contributed by atoms with Gasteiger partial charge in [-0.15, -0.1) is 0 Å². The summed E-state index contributed by atoms with van der Waals surface area (Å²) < 4.78 is 6.33. The van der Waals surface area contributed by atoms with Crippen molar-refractivity contribution in [3.8, 4) is 0 Å². The average Bonchev–Trinajstić information content (AvgIpc) is 3.13. The number of anilines is 2. The minimum absolute atomic E-state index is 0.333. The topological polar surface area (TPSA) is 75.4 Å². The van der Waals surface area contributed by atoms with Gasteiger partial charge >= 0.3 is 5.63 Å². The van der Waals surface area contributed by atoms with E-state index in [0.29, 0.717) is 5.58 Å². The molecule has 0 bridgehead atoms. The van der Waals surface area contributed by atoms with Gasteiger partial charge in [0.25, 0.3) is 0 Å². The van der Waals surface area contributed by atoms with Gasteiger partial charge in [0.1, 0.15) is 5.58 Å². The number of rotatable bonds is 2. The summed E-state index contributed by atoms with van der Waals surface area (Å²) in [7, 11) is 0. The highest BCUT2D eigenvalue weighted by Crippen LogP contribution is 2.34. The van der Waals surface area contributed by atoms with E-state index >= 15 is 0 Å². The SMILES string of the molecule is O=c1ccc2c(ccc3nc(N4CCN(c5ncccn5)CC4)sc32)o1. The van der Waals surface area contributed by atoms with Gasteiger partial charge < -0.3 is 14.2 Å². The molecule has 0 aliphatic carbocycles. The van der Waals surface area contributed by atoms with Gasteiger partial charge in [0.15, 0.2) is 5.13 Å². The number of hydrogen-bond acceptors (Lipinski definition) is 8. The fourth-order valence-electron chi connectivity index (χ4n) is 3.21. The first-order chi connectivity index (χ1) is 12.8. The molecule has 4 aromatic rings. The first-order valence-corrected chi connectivity index (χ1v) is 9.20. The lowest BCUT2D eigenvalue weighted by atomic mass is 10.2. The Labute approximate surface area is 152 Å². The minimum Gasteiger partial charge on any atom is -0.423 e. The molecule has 0 atom stereocenters. The fourth-order valence-corrected chi connectivity index (χ4v) is 4.35. The van der Waals surface area contributed by atoms with Crippen LogP contribution in [0, 0.1) is 0 Å². The van der Waals surface area contributed by atoms with Gasteiger partial charge in [-0.1, -0.05) is 11.3 Å². The first kappa shape index (κ1) is 15.3.